The molecule has 2 rings (SSSR count). The molecule has 2 aliphatic carbocycles. The molecule has 0 aromatic heterocycles. The van der Waals surface area contributed by atoms with Crippen molar-refractivity contribution >= 4 is 0 Å². The van der Waals surface area contributed by atoms with Crippen molar-refractivity contribution in [3.63, 3.8) is 0 Å². The average molecular weight is 168 g/mol. The van der Waals surface area contributed by atoms with Crippen molar-refractivity contribution in [1.82, 2.24) is 5.32 Å². The minimum Gasteiger partial charge on any atom is -0.327 e. The molecule has 2 nitrogen and oxygen atoms in total. The third-order valence-electron chi connectivity index (χ3n) is 3.26. The molecule has 0 radical (unpaired) electrons. The Kier molecular flexibility index (Phi) is 2.13. The van der Waals surface area contributed by atoms with Gasteiger partial charge >= 0.3 is 0 Å². The van der Waals surface area contributed by atoms with Gasteiger partial charge in [-0.2, -0.15) is 0 Å². The summed E-state index contributed by atoms with van der Waals surface area (Å²) in [7, 11) is 0. The van der Waals surface area contributed by atoms with E-state index in [0.29, 0.717) is 11.6 Å². The topological polar surface area (TPSA) is 38.0 Å². The Morgan fingerprint density at radius 3 is 2.67 bits per heavy atom. The summed E-state index contributed by atoms with van der Waals surface area (Å²) in [6.07, 6.45) is 6.62. The van der Waals surface area contributed by atoms with Gasteiger partial charge in [0.15, 0.2) is 0 Å². The van der Waals surface area contributed by atoms with E-state index >= 15 is 0 Å². The van der Waals surface area contributed by atoms with Gasteiger partial charge in [0, 0.05) is 11.6 Å². The monoisotopic (exact) mass is 168 g/mol. The largest absolute Gasteiger partial charge is 0.327 e. The average Bonchev–Trinajstić information content (AvgIpc) is 2.82. The van der Waals surface area contributed by atoms with Gasteiger partial charge < -0.3 is 11.1 Å². The van der Waals surface area contributed by atoms with E-state index in [1.165, 1.54) is 32.1 Å². The van der Waals surface area contributed by atoms with E-state index in [9.17, 15) is 0 Å². The Bertz CT molecular complexity index is 159. The number of hydrogen-bond donors (Lipinski definition) is 2. The summed E-state index contributed by atoms with van der Waals surface area (Å²) in [4.78, 5) is 0. The van der Waals surface area contributed by atoms with Crippen LogP contribution in [0.3, 0.4) is 0 Å². The van der Waals surface area contributed by atoms with Gasteiger partial charge in [-0.15, -0.1) is 0 Å². The zero-order chi connectivity index (χ0) is 8.60. The lowest BCUT2D eigenvalue weighted by molar-refractivity contribution is 0.471. The van der Waals surface area contributed by atoms with E-state index in [2.05, 4.69) is 12.2 Å². The molecule has 2 saturated carbocycles. The molecule has 0 saturated heterocycles. The summed E-state index contributed by atoms with van der Waals surface area (Å²) in [5, 5.41) is 3.57. The number of hydrogen-bond acceptors (Lipinski definition) is 2. The van der Waals surface area contributed by atoms with Gasteiger partial charge in [-0.25, -0.2) is 0 Å². The molecule has 2 aliphatic rings. The highest BCUT2D eigenvalue weighted by atomic mass is 15.0. The Morgan fingerprint density at radius 1 is 1.50 bits per heavy atom. The number of rotatable bonds is 5. The van der Waals surface area contributed by atoms with E-state index in [0.717, 1.165) is 12.5 Å². The summed E-state index contributed by atoms with van der Waals surface area (Å²) >= 11 is 0. The van der Waals surface area contributed by atoms with Crippen LogP contribution in [0, 0.1) is 5.92 Å². The van der Waals surface area contributed by atoms with E-state index in [1.54, 1.807) is 0 Å². The van der Waals surface area contributed by atoms with Crippen LogP contribution in [-0.4, -0.2) is 18.1 Å². The predicted octanol–water partition coefficient (Wildman–Crippen LogP) is 1.26. The van der Waals surface area contributed by atoms with E-state index in [1.807, 2.05) is 0 Å². The SMILES string of the molecule is CC1(NCCC(N)C2CC2)CC1. The Morgan fingerprint density at radius 2 is 2.17 bits per heavy atom. The van der Waals surface area contributed by atoms with Gasteiger partial charge in [0.05, 0.1) is 0 Å². The highest BCUT2D eigenvalue weighted by molar-refractivity contribution is 4.97. The third kappa shape index (κ3) is 2.20. The summed E-state index contributed by atoms with van der Waals surface area (Å²) < 4.78 is 0. The normalized spacial score (nSPS) is 28.5. The molecule has 0 amide bonds. The maximum atomic E-state index is 5.99. The molecule has 1 atom stereocenters. The zero-order valence-corrected chi connectivity index (χ0v) is 7.97. The van der Waals surface area contributed by atoms with Crippen molar-refractivity contribution in [1.29, 1.82) is 0 Å². The fourth-order valence-electron chi connectivity index (χ4n) is 1.66. The van der Waals surface area contributed by atoms with Crippen molar-refractivity contribution in [2.45, 2.75) is 50.6 Å². The number of nitrogens with two attached hydrogens (primary N) is 1. The first-order valence-corrected chi connectivity index (χ1v) is 5.20. The highest BCUT2D eigenvalue weighted by Crippen LogP contribution is 2.35. The van der Waals surface area contributed by atoms with Crippen LogP contribution in [-0.2, 0) is 0 Å². The molecule has 0 spiro atoms. The quantitative estimate of drug-likeness (QED) is 0.648. The summed E-state index contributed by atoms with van der Waals surface area (Å²) in [5.74, 6) is 0.860. The molecular weight excluding hydrogens is 148 g/mol. The molecule has 2 fully saturated rings. The van der Waals surface area contributed by atoms with Crippen LogP contribution in [0.1, 0.15) is 39.0 Å². The molecule has 0 bridgehead atoms. The first-order chi connectivity index (χ1) is 5.70. The van der Waals surface area contributed by atoms with Gasteiger partial charge in [-0.05, 0) is 51.5 Å². The molecule has 2 heteroatoms. The molecule has 70 valence electrons. The van der Waals surface area contributed by atoms with Crippen molar-refractivity contribution in [3.05, 3.63) is 0 Å². The minimum absolute atomic E-state index is 0.472. The van der Waals surface area contributed by atoms with Crippen LogP contribution in [0.4, 0.5) is 0 Å². The van der Waals surface area contributed by atoms with Crippen molar-refractivity contribution < 1.29 is 0 Å². The van der Waals surface area contributed by atoms with Crippen LogP contribution >= 0.6 is 0 Å². The van der Waals surface area contributed by atoms with E-state index in [-0.39, 0.29) is 0 Å². The summed E-state index contributed by atoms with van der Waals surface area (Å²) in [6.45, 7) is 3.42. The van der Waals surface area contributed by atoms with Gasteiger partial charge in [0.25, 0.3) is 0 Å². The first-order valence-electron chi connectivity index (χ1n) is 5.20. The lowest BCUT2D eigenvalue weighted by Crippen LogP contribution is -2.33. The Balaban J connectivity index is 1.55. The first kappa shape index (κ1) is 8.52. The fourth-order valence-corrected chi connectivity index (χ4v) is 1.66. The maximum absolute atomic E-state index is 5.99. The van der Waals surface area contributed by atoms with Gasteiger partial charge in [-0.3, -0.25) is 0 Å². The Labute approximate surface area is 74.9 Å². The molecule has 0 aromatic rings. The van der Waals surface area contributed by atoms with Crippen molar-refractivity contribution in [2.24, 2.45) is 11.7 Å². The molecule has 12 heavy (non-hydrogen) atoms. The van der Waals surface area contributed by atoms with E-state index in [4.69, 9.17) is 5.73 Å². The van der Waals surface area contributed by atoms with Crippen molar-refractivity contribution in [2.75, 3.05) is 6.54 Å². The maximum Gasteiger partial charge on any atom is 0.0154 e. The van der Waals surface area contributed by atoms with E-state index < -0.39 is 0 Å². The van der Waals surface area contributed by atoms with Crippen LogP contribution in [0.25, 0.3) is 0 Å². The standard InChI is InChI=1S/C10H20N2/c1-10(5-6-10)12-7-4-9(11)8-2-3-8/h8-9,12H,2-7,11H2,1H3. The zero-order valence-electron chi connectivity index (χ0n) is 7.97. The molecule has 0 heterocycles. The second-order valence-corrected chi connectivity index (χ2v) is 4.78. The van der Waals surface area contributed by atoms with Crippen LogP contribution in [0.15, 0.2) is 0 Å². The van der Waals surface area contributed by atoms with Crippen LogP contribution in [0.5, 0.6) is 0 Å². The fraction of sp³-hybridized carbons (Fsp3) is 1.00. The molecule has 0 aromatic carbocycles. The Hall–Kier alpha value is -0.0800. The third-order valence-corrected chi connectivity index (χ3v) is 3.26. The minimum atomic E-state index is 0.472. The van der Waals surface area contributed by atoms with Crippen molar-refractivity contribution in [3.8, 4) is 0 Å². The van der Waals surface area contributed by atoms with Gasteiger partial charge in [0.1, 0.15) is 0 Å². The summed E-state index contributed by atoms with van der Waals surface area (Å²) in [5.41, 5.74) is 6.48. The lowest BCUT2D eigenvalue weighted by Gasteiger charge is -2.14. The highest BCUT2D eigenvalue weighted by Gasteiger charge is 2.36. The molecule has 0 aliphatic heterocycles. The predicted molar refractivity (Wildman–Crippen MR) is 51.0 cm³/mol. The van der Waals surface area contributed by atoms with Crippen LogP contribution < -0.4 is 11.1 Å². The van der Waals surface area contributed by atoms with Crippen LogP contribution in [0.2, 0.25) is 0 Å². The molecular formula is C10H20N2. The molecule has 3 N–H and O–H groups in total. The second-order valence-electron chi connectivity index (χ2n) is 4.78. The number of nitrogens with one attached hydrogen (secondary N) is 1. The summed E-state index contributed by atoms with van der Waals surface area (Å²) in [6, 6.07) is 0.472. The lowest BCUT2D eigenvalue weighted by atomic mass is 10.1. The van der Waals surface area contributed by atoms with Gasteiger partial charge in [-0.1, -0.05) is 0 Å². The second kappa shape index (κ2) is 3.00. The smallest absolute Gasteiger partial charge is 0.0154 e. The van der Waals surface area contributed by atoms with Gasteiger partial charge in [0.2, 0.25) is 0 Å². The molecule has 1 unspecified atom stereocenters.